The number of sulfonamides is 1. The lowest BCUT2D eigenvalue weighted by Crippen LogP contribution is -2.41. The zero-order valence-corrected chi connectivity index (χ0v) is 23.2. The van der Waals surface area contributed by atoms with Crippen molar-refractivity contribution in [1.82, 2.24) is 5.32 Å². The van der Waals surface area contributed by atoms with E-state index < -0.39 is 28.0 Å². The van der Waals surface area contributed by atoms with Gasteiger partial charge < -0.3 is 20.1 Å². The number of anilines is 2. The van der Waals surface area contributed by atoms with E-state index >= 15 is 0 Å². The van der Waals surface area contributed by atoms with Crippen LogP contribution in [-0.4, -0.2) is 46.5 Å². The molecule has 3 aromatic rings. The topological polar surface area (TPSA) is 114 Å². The molecule has 2 N–H and O–H groups in total. The van der Waals surface area contributed by atoms with Crippen LogP contribution in [0.15, 0.2) is 71.6 Å². The first-order valence-corrected chi connectivity index (χ1v) is 13.3. The van der Waals surface area contributed by atoms with Gasteiger partial charge in [-0.1, -0.05) is 29.8 Å². The van der Waals surface area contributed by atoms with Crippen molar-refractivity contribution in [3.63, 3.8) is 0 Å². The average Bonchev–Trinajstić information content (AvgIpc) is 2.86. The van der Waals surface area contributed by atoms with Crippen molar-refractivity contribution in [1.29, 1.82) is 0 Å². The number of nitrogens with zero attached hydrogens (tertiary/aromatic N) is 1. The first kappa shape index (κ1) is 28.5. The predicted molar refractivity (Wildman–Crippen MR) is 148 cm³/mol. The summed E-state index contributed by atoms with van der Waals surface area (Å²) in [6.07, 6.45) is 0. The van der Waals surface area contributed by atoms with E-state index in [0.29, 0.717) is 5.75 Å². The number of carbonyl (C=O) groups excluding carboxylic acids is 2. The molecule has 3 rings (SSSR count). The van der Waals surface area contributed by atoms with Crippen LogP contribution in [0.1, 0.15) is 36.7 Å². The molecule has 0 aliphatic carbocycles. The number of aryl methyl sites for hydroxylation is 1. The minimum absolute atomic E-state index is 0.0127. The van der Waals surface area contributed by atoms with Gasteiger partial charge in [0, 0.05) is 11.6 Å². The third-order valence-corrected chi connectivity index (χ3v) is 7.26. The highest BCUT2D eigenvalue weighted by Gasteiger charge is 2.30. The molecule has 0 radical (unpaired) electrons. The molecular weight excluding hydrogens is 506 g/mol. The fraction of sp³-hybridized carbons (Fsp3) is 0.286. The van der Waals surface area contributed by atoms with Crippen molar-refractivity contribution in [2.45, 2.75) is 38.1 Å². The first-order valence-electron chi connectivity index (χ1n) is 11.9. The van der Waals surface area contributed by atoms with Crippen LogP contribution in [0.3, 0.4) is 0 Å². The van der Waals surface area contributed by atoms with E-state index in [1.54, 1.807) is 42.5 Å². The Labute approximate surface area is 223 Å². The van der Waals surface area contributed by atoms with Crippen molar-refractivity contribution >= 4 is 33.2 Å². The van der Waals surface area contributed by atoms with Crippen LogP contribution in [0.5, 0.6) is 11.5 Å². The van der Waals surface area contributed by atoms with Crippen LogP contribution in [0.25, 0.3) is 0 Å². The van der Waals surface area contributed by atoms with Gasteiger partial charge in [0.25, 0.3) is 15.9 Å². The van der Waals surface area contributed by atoms with Crippen LogP contribution in [0, 0.1) is 6.92 Å². The number of methoxy groups -OCH3 is 2. The minimum atomic E-state index is -4.19. The Morgan fingerprint density at radius 2 is 1.58 bits per heavy atom. The molecule has 0 saturated carbocycles. The highest BCUT2D eigenvalue weighted by molar-refractivity contribution is 7.92. The quantitative estimate of drug-likeness (QED) is 0.417. The van der Waals surface area contributed by atoms with Gasteiger partial charge in [0.2, 0.25) is 5.91 Å². The predicted octanol–water partition coefficient (Wildman–Crippen LogP) is 4.37. The fourth-order valence-electron chi connectivity index (χ4n) is 3.65. The second-order valence-corrected chi connectivity index (χ2v) is 11.5. The fourth-order valence-corrected chi connectivity index (χ4v) is 5.08. The number of para-hydroxylation sites is 1. The minimum Gasteiger partial charge on any atom is -0.497 e. The van der Waals surface area contributed by atoms with Crippen molar-refractivity contribution in [2.24, 2.45) is 0 Å². The molecule has 202 valence electrons. The van der Waals surface area contributed by atoms with E-state index in [4.69, 9.17) is 9.47 Å². The normalized spacial score (nSPS) is 11.4. The number of amides is 2. The zero-order valence-electron chi connectivity index (χ0n) is 22.4. The summed E-state index contributed by atoms with van der Waals surface area (Å²) in [6, 6.07) is 17.5. The molecule has 0 spiro atoms. The van der Waals surface area contributed by atoms with Crippen molar-refractivity contribution in [3.05, 3.63) is 77.9 Å². The maximum Gasteiger partial charge on any atom is 0.264 e. The van der Waals surface area contributed by atoms with Gasteiger partial charge >= 0.3 is 0 Å². The van der Waals surface area contributed by atoms with E-state index in [1.807, 2.05) is 27.7 Å². The summed E-state index contributed by atoms with van der Waals surface area (Å²) >= 11 is 0. The lowest BCUT2D eigenvalue weighted by Gasteiger charge is -2.26. The smallest absolute Gasteiger partial charge is 0.264 e. The second kappa shape index (κ2) is 11.6. The van der Waals surface area contributed by atoms with Crippen LogP contribution >= 0.6 is 0 Å². The summed E-state index contributed by atoms with van der Waals surface area (Å²) in [6.45, 7) is 6.82. The van der Waals surface area contributed by atoms with Gasteiger partial charge in [-0.05, 0) is 64.1 Å². The van der Waals surface area contributed by atoms with E-state index in [9.17, 15) is 18.0 Å². The molecule has 0 atom stereocenters. The molecule has 0 saturated heterocycles. The summed E-state index contributed by atoms with van der Waals surface area (Å²) in [5.41, 5.74) is 1.07. The van der Waals surface area contributed by atoms with Crippen LogP contribution in [-0.2, 0) is 14.8 Å². The molecule has 0 bridgehead atoms. The summed E-state index contributed by atoms with van der Waals surface area (Å²) in [5, 5.41) is 5.57. The average molecular weight is 540 g/mol. The van der Waals surface area contributed by atoms with E-state index in [0.717, 1.165) is 9.87 Å². The van der Waals surface area contributed by atoms with Crippen molar-refractivity contribution in [2.75, 3.05) is 30.4 Å². The lowest BCUT2D eigenvalue weighted by molar-refractivity contribution is -0.114. The Balaban J connectivity index is 2.01. The maximum absolute atomic E-state index is 13.8. The number of carbonyl (C=O) groups is 2. The molecule has 3 aromatic carbocycles. The molecule has 0 aliphatic heterocycles. The summed E-state index contributed by atoms with van der Waals surface area (Å²) in [7, 11) is -1.30. The van der Waals surface area contributed by atoms with Gasteiger partial charge in [-0.2, -0.15) is 0 Å². The van der Waals surface area contributed by atoms with Gasteiger partial charge in [-0.25, -0.2) is 8.42 Å². The van der Waals surface area contributed by atoms with E-state index in [-0.39, 0.29) is 33.5 Å². The molecule has 0 fully saturated rings. The van der Waals surface area contributed by atoms with Crippen LogP contribution in [0.2, 0.25) is 0 Å². The summed E-state index contributed by atoms with van der Waals surface area (Å²) < 4.78 is 39.2. The monoisotopic (exact) mass is 539 g/mol. The Bertz CT molecular complexity index is 1410. The van der Waals surface area contributed by atoms with E-state index in [2.05, 4.69) is 10.6 Å². The van der Waals surface area contributed by atoms with Crippen molar-refractivity contribution in [3.8, 4) is 11.5 Å². The Morgan fingerprint density at radius 3 is 2.18 bits per heavy atom. The maximum atomic E-state index is 13.8. The summed E-state index contributed by atoms with van der Waals surface area (Å²) in [5.74, 6) is -0.344. The SMILES string of the molecule is COc1ccc(N(CC(=O)Nc2ccccc2C(=O)NC(C)(C)C)S(=O)(=O)c2ccc(C)cc2)c(OC)c1. The molecule has 0 aliphatic rings. The number of nitrogens with one attached hydrogen (secondary N) is 2. The Hall–Kier alpha value is -4.05. The molecule has 0 heterocycles. The van der Waals surface area contributed by atoms with Gasteiger partial charge in [0.1, 0.15) is 18.0 Å². The third kappa shape index (κ3) is 6.83. The van der Waals surface area contributed by atoms with Gasteiger partial charge in [-0.3, -0.25) is 13.9 Å². The molecular formula is C28H33N3O6S. The Morgan fingerprint density at radius 1 is 0.921 bits per heavy atom. The number of ether oxygens (including phenoxy) is 2. The molecule has 2 amide bonds. The number of rotatable bonds is 9. The zero-order chi connectivity index (χ0) is 28.1. The molecule has 0 aromatic heterocycles. The van der Waals surface area contributed by atoms with Crippen LogP contribution in [0.4, 0.5) is 11.4 Å². The first-order chi connectivity index (χ1) is 17.9. The van der Waals surface area contributed by atoms with Gasteiger partial charge in [-0.15, -0.1) is 0 Å². The number of hydrogen-bond acceptors (Lipinski definition) is 6. The largest absolute Gasteiger partial charge is 0.497 e. The van der Waals surface area contributed by atoms with Crippen LogP contribution < -0.4 is 24.4 Å². The van der Waals surface area contributed by atoms with Gasteiger partial charge in [0.05, 0.1) is 36.1 Å². The Kier molecular flexibility index (Phi) is 8.67. The standard InChI is InChI=1S/C28H33N3O6S/c1-19-11-14-21(15-12-19)38(34,35)31(24-16-13-20(36-5)17-25(24)37-6)18-26(32)29-23-10-8-7-9-22(23)27(33)30-28(2,3)4/h7-17H,18H2,1-6H3,(H,29,32)(H,30,33). The molecule has 10 heteroatoms. The second-order valence-electron chi connectivity index (χ2n) is 9.66. The number of benzene rings is 3. The van der Waals surface area contributed by atoms with E-state index in [1.165, 1.54) is 38.5 Å². The highest BCUT2D eigenvalue weighted by atomic mass is 32.2. The molecule has 38 heavy (non-hydrogen) atoms. The highest BCUT2D eigenvalue weighted by Crippen LogP contribution is 2.35. The van der Waals surface area contributed by atoms with Crippen molar-refractivity contribution < 1.29 is 27.5 Å². The summed E-state index contributed by atoms with van der Waals surface area (Å²) in [4.78, 5) is 26.1. The molecule has 9 nitrogen and oxygen atoms in total. The third-order valence-electron chi connectivity index (χ3n) is 5.49. The molecule has 0 unspecified atom stereocenters. The number of hydrogen-bond donors (Lipinski definition) is 2. The lowest BCUT2D eigenvalue weighted by atomic mass is 10.1. The van der Waals surface area contributed by atoms with Gasteiger partial charge in [0.15, 0.2) is 0 Å².